The molecule has 8 nitrogen and oxygen atoms in total. The van der Waals surface area contributed by atoms with Crippen LogP contribution in [0.2, 0.25) is 0 Å². The van der Waals surface area contributed by atoms with E-state index in [1.807, 2.05) is 6.92 Å². The third-order valence-electron chi connectivity index (χ3n) is 5.13. The van der Waals surface area contributed by atoms with Crippen molar-refractivity contribution in [2.45, 2.75) is 32.4 Å². The van der Waals surface area contributed by atoms with Crippen LogP contribution < -0.4 is 5.32 Å². The molecule has 0 saturated carbocycles. The minimum atomic E-state index is -4.21. The summed E-state index contributed by atoms with van der Waals surface area (Å²) >= 11 is 0. The fraction of sp³-hybridized carbons (Fsp3) is 0.348. The van der Waals surface area contributed by atoms with Crippen molar-refractivity contribution in [3.8, 4) is 22.4 Å². The average Bonchev–Trinajstić information content (AvgIpc) is 3.23. The highest BCUT2D eigenvalue weighted by atomic mass is 19.4. The van der Waals surface area contributed by atoms with Gasteiger partial charge < -0.3 is 10.1 Å². The van der Waals surface area contributed by atoms with Gasteiger partial charge in [-0.15, -0.1) is 0 Å². The zero-order valence-electron chi connectivity index (χ0n) is 18.9. The number of methoxy groups -OCH3 is 1. The molecule has 0 unspecified atom stereocenters. The van der Waals surface area contributed by atoms with Gasteiger partial charge in [0.1, 0.15) is 11.4 Å². The third-order valence-corrected chi connectivity index (χ3v) is 5.13. The Kier molecular flexibility index (Phi) is 7.64. The second-order valence-electron chi connectivity index (χ2n) is 7.68. The first kappa shape index (κ1) is 24.9. The number of halogens is 3. The van der Waals surface area contributed by atoms with E-state index in [2.05, 4.69) is 25.1 Å². The summed E-state index contributed by atoms with van der Waals surface area (Å²) < 4.78 is 43.2. The van der Waals surface area contributed by atoms with Crippen LogP contribution >= 0.6 is 0 Å². The van der Waals surface area contributed by atoms with Gasteiger partial charge in [0, 0.05) is 43.5 Å². The maximum Gasteiger partial charge on any atom is 0.389 e. The van der Waals surface area contributed by atoms with Crippen molar-refractivity contribution in [3.63, 3.8) is 0 Å². The van der Waals surface area contributed by atoms with E-state index in [0.717, 1.165) is 16.7 Å². The Morgan fingerprint density at radius 2 is 1.88 bits per heavy atom. The van der Waals surface area contributed by atoms with Crippen molar-refractivity contribution >= 4 is 11.9 Å². The molecule has 1 N–H and O–H groups in total. The molecule has 0 aliphatic carbocycles. The Balaban J connectivity index is 1.90. The predicted molar refractivity (Wildman–Crippen MR) is 118 cm³/mol. The van der Waals surface area contributed by atoms with E-state index in [9.17, 15) is 22.8 Å². The van der Waals surface area contributed by atoms with Crippen LogP contribution in [0.25, 0.3) is 22.4 Å². The lowest BCUT2D eigenvalue weighted by atomic mass is 9.98. The molecule has 180 valence electrons. The molecule has 3 aromatic rings. The molecule has 0 spiro atoms. The monoisotopic (exact) mass is 475 g/mol. The molecule has 3 aromatic heterocycles. The third kappa shape index (κ3) is 6.18. The minimum absolute atomic E-state index is 0.0739. The van der Waals surface area contributed by atoms with Gasteiger partial charge in [-0.2, -0.15) is 18.3 Å². The van der Waals surface area contributed by atoms with Crippen molar-refractivity contribution in [1.82, 2.24) is 25.1 Å². The van der Waals surface area contributed by atoms with E-state index in [1.165, 1.54) is 19.4 Å². The van der Waals surface area contributed by atoms with Crippen molar-refractivity contribution < 1.29 is 27.5 Å². The summed E-state index contributed by atoms with van der Waals surface area (Å²) in [5.41, 5.74) is 3.54. The molecule has 0 atom stereocenters. The molecule has 0 aliphatic rings. The van der Waals surface area contributed by atoms with E-state index in [4.69, 9.17) is 0 Å². The topological polar surface area (TPSA) is 99.0 Å². The predicted octanol–water partition coefficient (Wildman–Crippen LogP) is 4.10. The van der Waals surface area contributed by atoms with Gasteiger partial charge in [-0.05, 0) is 49.1 Å². The number of hydrogen-bond donors (Lipinski definition) is 1. The second-order valence-corrected chi connectivity index (χ2v) is 7.68. The molecule has 0 fully saturated rings. The van der Waals surface area contributed by atoms with Gasteiger partial charge >= 0.3 is 12.1 Å². The number of aryl methyl sites for hydroxylation is 1. The maximum atomic E-state index is 12.8. The van der Waals surface area contributed by atoms with E-state index in [-0.39, 0.29) is 30.8 Å². The Morgan fingerprint density at radius 3 is 2.47 bits per heavy atom. The summed E-state index contributed by atoms with van der Waals surface area (Å²) in [6.07, 6.45) is -0.0721. The molecule has 1 amide bonds. The number of carbonyl (C=O) groups is 2. The Labute approximate surface area is 194 Å². The number of ether oxygens (including phenoxy) is 1. The van der Waals surface area contributed by atoms with Gasteiger partial charge in [0.2, 0.25) is 0 Å². The average molecular weight is 475 g/mol. The van der Waals surface area contributed by atoms with Crippen LogP contribution in [-0.4, -0.2) is 51.5 Å². The van der Waals surface area contributed by atoms with Gasteiger partial charge in [-0.25, -0.2) is 14.8 Å². The van der Waals surface area contributed by atoms with Crippen LogP contribution in [0.4, 0.5) is 13.2 Å². The van der Waals surface area contributed by atoms with Gasteiger partial charge in [0.05, 0.1) is 19.0 Å². The van der Waals surface area contributed by atoms with Crippen molar-refractivity contribution in [2.75, 3.05) is 13.7 Å². The molecule has 0 aromatic carbocycles. The van der Waals surface area contributed by atoms with E-state index < -0.39 is 24.5 Å². The lowest BCUT2D eigenvalue weighted by molar-refractivity contribution is -0.135. The van der Waals surface area contributed by atoms with Gasteiger partial charge in [-0.3, -0.25) is 9.48 Å². The number of nitrogens with zero attached hydrogens (tertiary/aromatic N) is 4. The number of nitrogens with one attached hydrogen (secondary N) is 1. The summed E-state index contributed by atoms with van der Waals surface area (Å²) in [5, 5.41) is 6.81. The summed E-state index contributed by atoms with van der Waals surface area (Å²) in [6, 6.07) is 4.77. The molecule has 0 aliphatic heterocycles. The fourth-order valence-electron chi connectivity index (χ4n) is 3.37. The number of amides is 1. The first-order chi connectivity index (χ1) is 16.1. The highest BCUT2D eigenvalue weighted by Gasteiger charge is 2.26. The summed E-state index contributed by atoms with van der Waals surface area (Å²) in [6.45, 7) is 1.94. The quantitative estimate of drug-likeness (QED) is 0.389. The first-order valence-electron chi connectivity index (χ1n) is 10.5. The van der Waals surface area contributed by atoms with E-state index in [1.54, 1.807) is 36.3 Å². The molecule has 11 heteroatoms. The SMILES string of the molecule is COC(=O)c1ccc(-c2nc(C(=O)NCCCCC(F)(F)F)cc(-c3cnn(C)c3)c2C)cn1. The van der Waals surface area contributed by atoms with Crippen LogP contribution in [0.5, 0.6) is 0 Å². The van der Waals surface area contributed by atoms with Crippen molar-refractivity contribution in [3.05, 3.63) is 53.7 Å². The van der Waals surface area contributed by atoms with Crippen LogP contribution in [-0.2, 0) is 11.8 Å². The van der Waals surface area contributed by atoms with Crippen molar-refractivity contribution in [2.24, 2.45) is 7.05 Å². The zero-order chi connectivity index (χ0) is 24.9. The largest absolute Gasteiger partial charge is 0.464 e. The zero-order valence-corrected chi connectivity index (χ0v) is 18.9. The Bertz CT molecular complexity index is 1170. The smallest absolute Gasteiger partial charge is 0.389 e. The Morgan fingerprint density at radius 1 is 1.12 bits per heavy atom. The molecule has 3 heterocycles. The molecular formula is C23H24F3N5O3. The van der Waals surface area contributed by atoms with Crippen LogP contribution in [0.3, 0.4) is 0 Å². The second kappa shape index (κ2) is 10.4. The number of carbonyl (C=O) groups excluding carboxylic acids is 2. The van der Waals surface area contributed by atoms with E-state index >= 15 is 0 Å². The van der Waals surface area contributed by atoms with Crippen LogP contribution in [0.15, 0.2) is 36.8 Å². The number of alkyl halides is 3. The van der Waals surface area contributed by atoms with E-state index in [0.29, 0.717) is 11.3 Å². The number of rotatable bonds is 8. The number of esters is 1. The van der Waals surface area contributed by atoms with Gasteiger partial charge in [0.25, 0.3) is 5.91 Å². The highest BCUT2D eigenvalue weighted by molar-refractivity contribution is 5.95. The fourth-order valence-corrected chi connectivity index (χ4v) is 3.37. The maximum absolute atomic E-state index is 12.8. The van der Waals surface area contributed by atoms with Crippen LogP contribution in [0, 0.1) is 6.92 Å². The molecule has 0 saturated heterocycles. The summed E-state index contributed by atoms with van der Waals surface area (Å²) in [7, 11) is 3.03. The number of pyridine rings is 2. The highest BCUT2D eigenvalue weighted by Crippen LogP contribution is 2.31. The summed E-state index contributed by atoms with van der Waals surface area (Å²) in [5.74, 6) is -1.08. The Hall–Kier alpha value is -3.76. The molecule has 3 rings (SSSR count). The molecule has 34 heavy (non-hydrogen) atoms. The van der Waals surface area contributed by atoms with Crippen LogP contribution in [0.1, 0.15) is 45.8 Å². The lowest BCUT2D eigenvalue weighted by Gasteiger charge is -2.13. The molecular weight excluding hydrogens is 451 g/mol. The minimum Gasteiger partial charge on any atom is -0.464 e. The summed E-state index contributed by atoms with van der Waals surface area (Å²) in [4.78, 5) is 33.1. The molecule has 0 bridgehead atoms. The molecule has 0 radical (unpaired) electrons. The normalized spacial score (nSPS) is 11.4. The lowest BCUT2D eigenvalue weighted by Crippen LogP contribution is -2.26. The standard InChI is InChI=1S/C23H24F3N5O3/c1-14-17(16-12-29-31(2)13-16)10-19(21(32)27-9-5-4-8-23(24,25)26)30-20(14)15-6-7-18(28-11-15)22(33)34-3/h6-7,10-13H,4-5,8-9H2,1-3H3,(H,27,32). The first-order valence-corrected chi connectivity index (χ1v) is 10.5. The number of unbranched alkanes of at least 4 members (excludes halogenated alkanes) is 1. The number of hydrogen-bond acceptors (Lipinski definition) is 6. The van der Waals surface area contributed by atoms with Gasteiger partial charge in [-0.1, -0.05) is 0 Å². The van der Waals surface area contributed by atoms with Gasteiger partial charge in [0.15, 0.2) is 0 Å². The van der Waals surface area contributed by atoms with Crippen molar-refractivity contribution in [1.29, 1.82) is 0 Å². The number of aromatic nitrogens is 4.